The van der Waals surface area contributed by atoms with Crippen molar-refractivity contribution in [3.8, 4) is 0 Å². The van der Waals surface area contributed by atoms with Crippen molar-refractivity contribution < 1.29 is 14.3 Å². The van der Waals surface area contributed by atoms with Crippen molar-refractivity contribution in [2.24, 2.45) is 0 Å². The van der Waals surface area contributed by atoms with Gasteiger partial charge in [0.1, 0.15) is 5.70 Å². The van der Waals surface area contributed by atoms with Crippen LogP contribution in [0.15, 0.2) is 48.2 Å². The van der Waals surface area contributed by atoms with E-state index in [2.05, 4.69) is 22.3 Å². The van der Waals surface area contributed by atoms with Gasteiger partial charge in [0.05, 0.1) is 5.57 Å². The van der Waals surface area contributed by atoms with Crippen molar-refractivity contribution in [1.82, 2.24) is 4.90 Å². The van der Waals surface area contributed by atoms with Gasteiger partial charge in [-0.15, -0.1) is 0 Å². The highest BCUT2D eigenvalue weighted by Crippen LogP contribution is 2.33. The summed E-state index contributed by atoms with van der Waals surface area (Å²) in [7, 11) is 0. The first-order chi connectivity index (χ1) is 16.5. The van der Waals surface area contributed by atoms with Crippen LogP contribution >= 0.6 is 0 Å². The summed E-state index contributed by atoms with van der Waals surface area (Å²) in [5.41, 5.74) is 5.68. The van der Waals surface area contributed by atoms with Crippen LogP contribution in [0.5, 0.6) is 0 Å². The Morgan fingerprint density at radius 3 is 2.35 bits per heavy atom. The normalized spacial score (nSPS) is 16.6. The molecule has 2 aliphatic rings. The fourth-order valence-electron chi connectivity index (χ4n) is 4.76. The van der Waals surface area contributed by atoms with Crippen LogP contribution in [-0.4, -0.2) is 49.6 Å². The number of carbonyl (C=O) groups excluding carboxylic acids is 2. The minimum Gasteiger partial charge on any atom is -0.382 e. The smallest absolute Gasteiger partial charge is 0.278 e. The maximum absolute atomic E-state index is 13.4. The second kappa shape index (κ2) is 10.9. The van der Waals surface area contributed by atoms with E-state index in [-0.39, 0.29) is 11.8 Å². The molecule has 0 bridgehead atoms. The van der Waals surface area contributed by atoms with E-state index in [0.29, 0.717) is 37.4 Å². The number of imide groups is 1. The van der Waals surface area contributed by atoms with Crippen LogP contribution in [0.3, 0.4) is 0 Å². The van der Waals surface area contributed by atoms with E-state index in [1.807, 2.05) is 51.1 Å². The summed E-state index contributed by atoms with van der Waals surface area (Å²) in [6.45, 7) is 9.58. The SMILES string of the molecule is CCOCCCN1C(=O)C(Nc2ccc(N3CCCCC3)cc2)=C(c2ccc(C)cc2C)C1=O. The second-order valence-corrected chi connectivity index (χ2v) is 9.10. The fourth-order valence-corrected chi connectivity index (χ4v) is 4.76. The van der Waals surface area contributed by atoms with Gasteiger partial charge in [-0.25, -0.2) is 0 Å². The topological polar surface area (TPSA) is 61.9 Å². The average molecular weight is 462 g/mol. The number of amides is 2. The van der Waals surface area contributed by atoms with Crippen molar-refractivity contribution >= 4 is 28.8 Å². The van der Waals surface area contributed by atoms with Gasteiger partial charge in [0.15, 0.2) is 0 Å². The molecule has 2 aromatic carbocycles. The molecule has 0 aromatic heterocycles. The number of carbonyl (C=O) groups is 2. The van der Waals surface area contributed by atoms with Gasteiger partial charge in [-0.3, -0.25) is 14.5 Å². The predicted octanol–water partition coefficient (Wildman–Crippen LogP) is 4.91. The number of rotatable bonds is 9. The zero-order chi connectivity index (χ0) is 24.1. The van der Waals surface area contributed by atoms with Gasteiger partial charge in [0, 0.05) is 44.2 Å². The molecule has 180 valence electrons. The van der Waals surface area contributed by atoms with Crippen LogP contribution in [0, 0.1) is 13.8 Å². The molecule has 2 aliphatic heterocycles. The highest BCUT2D eigenvalue weighted by molar-refractivity contribution is 6.36. The first-order valence-corrected chi connectivity index (χ1v) is 12.4. The minimum absolute atomic E-state index is 0.249. The average Bonchev–Trinajstić information content (AvgIpc) is 3.07. The Labute approximate surface area is 202 Å². The van der Waals surface area contributed by atoms with Crippen LogP contribution in [0.1, 0.15) is 49.3 Å². The van der Waals surface area contributed by atoms with Gasteiger partial charge in [-0.1, -0.05) is 23.8 Å². The standard InChI is InChI=1S/C28H35N3O3/c1-4-34-18-8-17-31-27(32)25(24-14-9-20(2)19-21(24)3)26(28(31)33)29-22-10-12-23(13-11-22)30-15-6-5-7-16-30/h9-14,19,29H,4-8,15-18H2,1-3H3. The molecule has 0 aliphatic carbocycles. The Bertz CT molecular complexity index is 1070. The molecule has 2 aromatic rings. The molecule has 6 heteroatoms. The molecule has 1 saturated heterocycles. The number of ether oxygens (including phenoxy) is 1. The number of benzene rings is 2. The molecule has 2 heterocycles. The lowest BCUT2D eigenvalue weighted by molar-refractivity contribution is -0.137. The van der Waals surface area contributed by atoms with E-state index in [9.17, 15) is 9.59 Å². The number of aryl methyl sites for hydroxylation is 2. The quantitative estimate of drug-likeness (QED) is 0.425. The Kier molecular flexibility index (Phi) is 7.68. The molecular formula is C28H35N3O3. The molecule has 0 atom stereocenters. The monoisotopic (exact) mass is 461 g/mol. The van der Waals surface area contributed by atoms with E-state index < -0.39 is 0 Å². The second-order valence-electron chi connectivity index (χ2n) is 9.10. The summed E-state index contributed by atoms with van der Waals surface area (Å²) in [5.74, 6) is -0.530. The molecule has 0 saturated carbocycles. The lowest BCUT2D eigenvalue weighted by atomic mass is 9.97. The van der Waals surface area contributed by atoms with Crippen molar-refractivity contribution in [3.63, 3.8) is 0 Å². The molecule has 2 amide bonds. The molecular weight excluding hydrogens is 426 g/mol. The van der Waals surface area contributed by atoms with Gasteiger partial charge in [-0.05, 0) is 81.8 Å². The van der Waals surface area contributed by atoms with Crippen LogP contribution in [0.2, 0.25) is 0 Å². The van der Waals surface area contributed by atoms with Crippen molar-refractivity contribution in [1.29, 1.82) is 0 Å². The number of nitrogens with zero attached hydrogens (tertiary/aromatic N) is 2. The zero-order valence-electron chi connectivity index (χ0n) is 20.5. The lowest BCUT2D eigenvalue weighted by Crippen LogP contribution is -2.34. The largest absolute Gasteiger partial charge is 0.382 e. The van der Waals surface area contributed by atoms with E-state index in [1.165, 1.54) is 29.8 Å². The summed E-state index contributed by atoms with van der Waals surface area (Å²) in [6.07, 6.45) is 4.36. The number of piperidine rings is 1. The Morgan fingerprint density at radius 2 is 1.68 bits per heavy atom. The first-order valence-electron chi connectivity index (χ1n) is 12.4. The summed E-state index contributed by atoms with van der Waals surface area (Å²) < 4.78 is 5.41. The summed E-state index contributed by atoms with van der Waals surface area (Å²) in [5, 5.41) is 3.29. The fraction of sp³-hybridized carbons (Fsp3) is 0.429. The maximum Gasteiger partial charge on any atom is 0.278 e. The number of hydrogen-bond donors (Lipinski definition) is 1. The van der Waals surface area contributed by atoms with Crippen LogP contribution in [0.4, 0.5) is 11.4 Å². The van der Waals surface area contributed by atoms with Gasteiger partial charge >= 0.3 is 0 Å². The number of anilines is 2. The van der Waals surface area contributed by atoms with Gasteiger partial charge in [0.2, 0.25) is 0 Å². The highest BCUT2D eigenvalue weighted by atomic mass is 16.5. The molecule has 0 unspecified atom stereocenters. The van der Waals surface area contributed by atoms with Crippen LogP contribution < -0.4 is 10.2 Å². The number of hydrogen-bond acceptors (Lipinski definition) is 5. The van der Waals surface area contributed by atoms with E-state index in [4.69, 9.17) is 4.74 Å². The van der Waals surface area contributed by atoms with Crippen LogP contribution in [-0.2, 0) is 14.3 Å². The van der Waals surface area contributed by atoms with E-state index >= 15 is 0 Å². The third-order valence-corrected chi connectivity index (χ3v) is 6.55. The minimum atomic E-state index is -0.281. The molecule has 1 N–H and O–H groups in total. The molecule has 6 nitrogen and oxygen atoms in total. The van der Waals surface area contributed by atoms with Gasteiger partial charge in [-0.2, -0.15) is 0 Å². The Hall–Kier alpha value is -3.12. The van der Waals surface area contributed by atoms with Gasteiger partial charge in [0.25, 0.3) is 11.8 Å². The third-order valence-electron chi connectivity index (χ3n) is 6.55. The lowest BCUT2D eigenvalue weighted by Gasteiger charge is -2.28. The molecule has 0 spiro atoms. The predicted molar refractivity (Wildman–Crippen MR) is 137 cm³/mol. The van der Waals surface area contributed by atoms with Crippen molar-refractivity contribution in [3.05, 3.63) is 64.9 Å². The molecule has 4 rings (SSSR count). The van der Waals surface area contributed by atoms with Crippen molar-refractivity contribution in [2.75, 3.05) is 43.1 Å². The zero-order valence-corrected chi connectivity index (χ0v) is 20.5. The van der Waals surface area contributed by atoms with Crippen LogP contribution in [0.25, 0.3) is 5.57 Å². The Balaban J connectivity index is 1.61. The molecule has 34 heavy (non-hydrogen) atoms. The summed E-state index contributed by atoms with van der Waals surface area (Å²) in [6, 6.07) is 14.1. The molecule has 1 fully saturated rings. The Morgan fingerprint density at radius 1 is 0.941 bits per heavy atom. The van der Waals surface area contributed by atoms with E-state index in [1.54, 1.807) is 0 Å². The summed E-state index contributed by atoms with van der Waals surface area (Å²) >= 11 is 0. The first kappa shape index (κ1) is 24.0. The summed E-state index contributed by atoms with van der Waals surface area (Å²) in [4.78, 5) is 30.6. The highest BCUT2D eigenvalue weighted by Gasteiger charge is 2.39. The van der Waals surface area contributed by atoms with E-state index in [0.717, 1.165) is 35.5 Å². The van der Waals surface area contributed by atoms with Gasteiger partial charge < -0.3 is 15.0 Å². The molecule has 0 radical (unpaired) electrons. The van der Waals surface area contributed by atoms with Crippen molar-refractivity contribution in [2.45, 2.75) is 46.5 Å². The third kappa shape index (κ3) is 5.17. The number of nitrogens with one attached hydrogen (secondary N) is 1. The maximum atomic E-state index is 13.4.